The Hall–Kier alpha value is -1.29. The molecule has 0 aliphatic carbocycles. The molecule has 1 saturated heterocycles. The molecule has 0 radical (unpaired) electrons. The van der Waals surface area contributed by atoms with Crippen LogP contribution in [0.4, 0.5) is 0 Å². The number of hydrogen-bond acceptors (Lipinski definition) is 3. The first-order valence-electron chi connectivity index (χ1n) is 5.72. The summed E-state index contributed by atoms with van der Waals surface area (Å²) in [6, 6.07) is 7.24. The summed E-state index contributed by atoms with van der Waals surface area (Å²) in [6.45, 7) is 0. The zero-order valence-electron chi connectivity index (χ0n) is 9.52. The fourth-order valence-corrected chi connectivity index (χ4v) is 3.01. The molecule has 1 atom stereocenters. The molecule has 4 heteroatoms. The van der Waals surface area contributed by atoms with Crippen LogP contribution in [0.15, 0.2) is 24.3 Å². The van der Waals surface area contributed by atoms with Gasteiger partial charge in [0.05, 0.1) is 0 Å². The number of carbonyl (C=O) groups excluding carboxylic acids is 2. The molecule has 1 fully saturated rings. The molecular formula is C13H15NO2S. The van der Waals surface area contributed by atoms with Gasteiger partial charge in [-0.05, 0) is 37.0 Å². The number of nitrogens with two attached hydrogens (primary N) is 1. The van der Waals surface area contributed by atoms with E-state index in [-0.39, 0.29) is 11.0 Å². The van der Waals surface area contributed by atoms with E-state index in [4.69, 9.17) is 5.73 Å². The SMILES string of the molecule is NC(=O)c1cccc(CC2CCCSC2=O)c1. The summed E-state index contributed by atoms with van der Waals surface area (Å²) in [5.74, 6) is 0.615. The molecule has 0 saturated carbocycles. The molecule has 1 heterocycles. The normalized spacial score (nSPS) is 20.2. The van der Waals surface area contributed by atoms with Crippen LogP contribution in [0.1, 0.15) is 28.8 Å². The Balaban J connectivity index is 2.09. The van der Waals surface area contributed by atoms with Crippen LogP contribution in [0.3, 0.4) is 0 Å². The molecule has 17 heavy (non-hydrogen) atoms. The van der Waals surface area contributed by atoms with E-state index in [9.17, 15) is 9.59 Å². The van der Waals surface area contributed by atoms with Crippen molar-refractivity contribution in [2.75, 3.05) is 5.75 Å². The van der Waals surface area contributed by atoms with E-state index in [1.54, 1.807) is 12.1 Å². The molecule has 1 aromatic carbocycles. The van der Waals surface area contributed by atoms with Gasteiger partial charge in [-0.25, -0.2) is 0 Å². The number of hydrogen-bond donors (Lipinski definition) is 1. The summed E-state index contributed by atoms with van der Waals surface area (Å²) in [5.41, 5.74) is 6.76. The standard InChI is InChI=1S/C13H15NO2S/c14-12(15)10-4-1-3-9(7-10)8-11-5-2-6-17-13(11)16/h1,3-4,7,11H,2,5-6,8H2,(H2,14,15). The fraction of sp³-hybridized carbons (Fsp3) is 0.385. The lowest BCUT2D eigenvalue weighted by Gasteiger charge is -2.19. The van der Waals surface area contributed by atoms with Gasteiger partial charge < -0.3 is 5.73 Å². The summed E-state index contributed by atoms with van der Waals surface area (Å²) in [6.07, 6.45) is 2.76. The van der Waals surface area contributed by atoms with Crippen molar-refractivity contribution in [3.05, 3.63) is 35.4 Å². The quantitative estimate of drug-likeness (QED) is 0.891. The van der Waals surface area contributed by atoms with Gasteiger partial charge in [-0.2, -0.15) is 0 Å². The Morgan fingerprint density at radius 1 is 1.47 bits per heavy atom. The molecule has 3 nitrogen and oxygen atoms in total. The molecule has 2 N–H and O–H groups in total. The van der Waals surface area contributed by atoms with Crippen molar-refractivity contribution in [1.82, 2.24) is 0 Å². The van der Waals surface area contributed by atoms with Gasteiger partial charge in [-0.15, -0.1) is 0 Å². The maximum atomic E-state index is 11.7. The molecule has 1 amide bonds. The molecular weight excluding hydrogens is 234 g/mol. The van der Waals surface area contributed by atoms with Crippen molar-refractivity contribution in [1.29, 1.82) is 0 Å². The first-order chi connectivity index (χ1) is 8.16. The van der Waals surface area contributed by atoms with Gasteiger partial charge in [0.2, 0.25) is 5.91 Å². The van der Waals surface area contributed by atoms with E-state index in [0.29, 0.717) is 12.0 Å². The number of thioether (sulfide) groups is 1. The van der Waals surface area contributed by atoms with Gasteiger partial charge in [0, 0.05) is 17.2 Å². The number of carbonyl (C=O) groups is 2. The Bertz CT molecular complexity index is 445. The highest BCUT2D eigenvalue weighted by Crippen LogP contribution is 2.27. The average molecular weight is 249 g/mol. The minimum Gasteiger partial charge on any atom is -0.366 e. The second-order valence-electron chi connectivity index (χ2n) is 4.28. The maximum Gasteiger partial charge on any atom is 0.248 e. The Morgan fingerprint density at radius 3 is 3.00 bits per heavy atom. The molecule has 0 spiro atoms. The van der Waals surface area contributed by atoms with Gasteiger partial charge >= 0.3 is 0 Å². The Labute approximate surface area is 105 Å². The molecule has 1 unspecified atom stereocenters. The highest BCUT2D eigenvalue weighted by Gasteiger charge is 2.23. The van der Waals surface area contributed by atoms with Crippen LogP contribution in [0, 0.1) is 5.92 Å². The van der Waals surface area contributed by atoms with Crippen LogP contribution in [0.2, 0.25) is 0 Å². The predicted octanol–water partition coefficient (Wildman–Crippen LogP) is 2.00. The van der Waals surface area contributed by atoms with Gasteiger partial charge in [0.15, 0.2) is 5.12 Å². The van der Waals surface area contributed by atoms with Gasteiger partial charge in [-0.1, -0.05) is 23.9 Å². The molecule has 1 aliphatic heterocycles. The predicted molar refractivity (Wildman–Crippen MR) is 68.9 cm³/mol. The van der Waals surface area contributed by atoms with E-state index in [2.05, 4.69) is 0 Å². The Morgan fingerprint density at radius 2 is 2.29 bits per heavy atom. The van der Waals surface area contributed by atoms with Crippen LogP contribution < -0.4 is 5.73 Å². The van der Waals surface area contributed by atoms with E-state index >= 15 is 0 Å². The summed E-state index contributed by atoms with van der Waals surface area (Å²) in [5, 5.41) is 0.278. The van der Waals surface area contributed by atoms with Crippen LogP contribution >= 0.6 is 11.8 Å². The van der Waals surface area contributed by atoms with Crippen molar-refractivity contribution in [2.45, 2.75) is 19.3 Å². The molecule has 90 valence electrons. The maximum absolute atomic E-state index is 11.7. The molecule has 2 rings (SSSR count). The Kier molecular flexibility index (Phi) is 3.84. The number of amides is 1. The minimum absolute atomic E-state index is 0.0943. The number of benzene rings is 1. The number of rotatable bonds is 3. The molecule has 1 aliphatic rings. The van der Waals surface area contributed by atoms with Crippen LogP contribution in [-0.2, 0) is 11.2 Å². The lowest BCUT2D eigenvalue weighted by atomic mass is 9.95. The molecule has 0 aromatic heterocycles. The van der Waals surface area contributed by atoms with Gasteiger partial charge in [-0.3, -0.25) is 9.59 Å². The molecule has 0 bridgehead atoms. The first kappa shape index (κ1) is 12.2. The van der Waals surface area contributed by atoms with Gasteiger partial charge in [0.25, 0.3) is 0 Å². The summed E-state index contributed by atoms with van der Waals surface area (Å²) < 4.78 is 0. The zero-order valence-corrected chi connectivity index (χ0v) is 10.3. The fourth-order valence-electron chi connectivity index (χ4n) is 2.06. The first-order valence-corrected chi connectivity index (χ1v) is 6.71. The van der Waals surface area contributed by atoms with E-state index in [1.165, 1.54) is 11.8 Å². The molecule has 1 aromatic rings. The largest absolute Gasteiger partial charge is 0.366 e. The third-order valence-electron chi connectivity index (χ3n) is 2.97. The average Bonchev–Trinajstić information content (AvgIpc) is 2.32. The highest BCUT2D eigenvalue weighted by molar-refractivity contribution is 8.13. The van der Waals surface area contributed by atoms with E-state index in [0.717, 1.165) is 24.2 Å². The smallest absolute Gasteiger partial charge is 0.248 e. The van der Waals surface area contributed by atoms with Gasteiger partial charge in [0.1, 0.15) is 0 Å². The van der Waals surface area contributed by atoms with Crippen molar-refractivity contribution >= 4 is 22.8 Å². The third-order valence-corrected chi connectivity index (χ3v) is 4.08. The minimum atomic E-state index is -0.420. The second-order valence-corrected chi connectivity index (χ2v) is 5.37. The van der Waals surface area contributed by atoms with Crippen molar-refractivity contribution in [3.8, 4) is 0 Å². The van der Waals surface area contributed by atoms with E-state index in [1.807, 2.05) is 12.1 Å². The summed E-state index contributed by atoms with van der Waals surface area (Å²) >= 11 is 1.43. The monoisotopic (exact) mass is 249 g/mol. The lowest BCUT2D eigenvalue weighted by Crippen LogP contribution is -2.19. The van der Waals surface area contributed by atoms with Crippen LogP contribution in [0.25, 0.3) is 0 Å². The highest BCUT2D eigenvalue weighted by atomic mass is 32.2. The summed E-state index contributed by atoms with van der Waals surface area (Å²) in [4.78, 5) is 22.7. The van der Waals surface area contributed by atoms with Crippen molar-refractivity contribution in [2.24, 2.45) is 11.7 Å². The lowest BCUT2D eigenvalue weighted by molar-refractivity contribution is -0.114. The zero-order chi connectivity index (χ0) is 12.3. The van der Waals surface area contributed by atoms with Crippen molar-refractivity contribution < 1.29 is 9.59 Å². The third kappa shape index (κ3) is 3.09. The topological polar surface area (TPSA) is 60.2 Å². The number of primary amides is 1. The summed E-state index contributed by atoms with van der Waals surface area (Å²) in [7, 11) is 0. The van der Waals surface area contributed by atoms with E-state index < -0.39 is 5.91 Å². The van der Waals surface area contributed by atoms with Crippen molar-refractivity contribution in [3.63, 3.8) is 0 Å². The van der Waals surface area contributed by atoms with Crippen LogP contribution in [-0.4, -0.2) is 16.8 Å². The second kappa shape index (κ2) is 5.36. The van der Waals surface area contributed by atoms with Crippen LogP contribution in [0.5, 0.6) is 0 Å².